The first-order valence-electron chi connectivity index (χ1n) is 13.1. The van der Waals surface area contributed by atoms with Gasteiger partial charge in [-0.05, 0) is 36.8 Å². The lowest BCUT2D eigenvalue weighted by molar-refractivity contribution is -0.267. The molecule has 4 aromatic rings. The Bertz CT molecular complexity index is 1770. The summed E-state index contributed by atoms with van der Waals surface area (Å²) in [5, 5.41) is 9.77. The average molecular weight is 587 g/mol. The van der Waals surface area contributed by atoms with Gasteiger partial charge in [-0.3, -0.25) is 4.79 Å². The van der Waals surface area contributed by atoms with Crippen LogP contribution in [0, 0.1) is 6.92 Å². The molecule has 1 amide bonds. The molecule has 5 heterocycles. The summed E-state index contributed by atoms with van der Waals surface area (Å²) in [6.45, 7) is -2.66. The molecule has 42 heavy (non-hydrogen) atoms. The third kappa shape index (κ3) is 3.77. The molecule has 1 saturated heterocycles. The third-order valence-electron chi connectivity index (χ3n) is 8.40. The van der Waals surface area contributed by atoms with Crippen molar-refractivity contribution in [2.75, 3.05) is 25.0 Å². The van der Waals surface area contributed by atoms with E-state index in [1.165, 1.54) is 23.2 Å². The number of anilines is 1. The van der Waals surface area contributed by atoms with Gasteiger partial charge in [0.25, 0.3) is 5.91 Å². The summed E-state index contributed by atoms with van der Waals surface area (Å²) >= 11 is 0. The number of carbonyl (C=O) groups excluding carboxylic acids is 1. The lowest BCUT2D eigenvalue weighted by atomic mass is 9.94. The standard InChI is InChI=1S/C28H23F5N6O3/c1-13-16(10-34-26(35-13)38-11-27(41,12-38)28(31,32)33)14-6-7-17-18(8-14)39-19-9-20(23(39)36-17)37(2)24(40)15-4-3-5-21(22(15)19)42-25(29)30/h3-8,10,19-20,25,41H,9,11-12H2,1-2H3/t19-,20-/m1/s1. The number of carbonyl (C=O) groups is 1. The normalized spacial score (nSPS) is 20.9. The number of aryl methyl sites for hydroxylation is 1. The maximum atomic E-state index is 13.4. The van der Waals surface area contributed by atoms with Gasteiger partial charge in [0.2, 0.25) is 5.95 Å². The van der Waals surface area contributed by atoms with E-state index in [1.54, 1.807) is 31.0 Å². The minimum atomic E-state index is -4.74. The van der Waals surface area contributed by atoms with Crippen LogP contribution in [0.15, 0.2) is 42.6 Å². The predicted molar refractivity (Wildman–Crippen MR) is 139 cm³/mol. The van der Waals surface area contributed by atoms with Crippen LogP contribution in [0.5, 0.6) is 5.75 Å². The SMILES string of the molecule is Cc1nc(N2CC(O)(C(F)(F)F)C2)ncc1-c1ccc2nc3n(c2c1)[C@@H]1C[C@H]3N(C)C(=O)c2cccc(OC(F)F)c21. The highest BCUT2D eigenvalue weighted by Gasteiger charge is 2.61. The number of imidazole rings is 1. The van der Waals surface area contributed by atoms with E-state index in [0.29, 0.717) is 45.7 Å². The van der Waals surface area contributed by atoms with Crippen LogP contribution < -0.4 is 9.64 Å². The van der Waals surface area contributed by atoms with Gasteiger partial charge in [-0.1, -0.05) is 12.1 Å². The van der Waals surface area contributed by atoms with Gasteiger partial charge in [-0.2, -0.15) is 22.0 Å². The number of ether oxygens (including phenoxy) is 1. The second-order valence-electron chi connectivity index (χ2n) is 10.9. The van der Waals surface area contributed by atoms with Crippen molar-refractivity contribution in [1.29, 1.82) is 0 Å². The minimum Gasteiger partial charge on any atom is -0.434 e. The van der Waals surface area contributed by atoms with Crippen LogP contribution in [0.3, 0.4) is 0 Å². The molecule has 9 nitrogen and oxygen atoms in total. The molecule has 0 saturated carbocycles. The number of hydrogen-bond acceptors (Lipinski definition) is 7. The van der Waals surface area contributed by atoms with Gasteiger partial charge in [0, 0.05) is 36.4 Å². The zero-order valence-electron chi connectivity index (χ0n) is 22.2. The van der Waals surface area contributed by atoms with Gasteiger partial charge in [-0.25, -0.2) is 15.0 Å². The molecular weight excluding hydrogens is 563 g/mol. The molecule has 2 bridgehead atoms. The molecule has 14 heteroatoms. The van der Waals surface area contributed by atoms with Crippen molar-refractivity contribution in [1.82, 2.24) is 24.4 Å². The van der Waals surface area contributed by atoms with Crippen LogP contribution in [-0.2, 0) is 0 Å². The van der Waals surface area contributed by atoms with Crippen molar-refractivity contribution in [3.05, 3.63) is 65.2 Å². The number of hydrogen-bond donors (Lipinski definition) is 1. The monoisotopic (exact) mass is 586 g/mol. The summed E-state index contributed by atoms with van der Waals surface area (Å²) in [6, 6.07) is 9.16. The van der Waals surface area contributed by atoms with Crippen LogP contribution in [0.2, 0.25) is 0 Å². The summed E-state index contributed by atoms with van der Waals surface area (Å²) in [7, 11) is 1.66. The van der Waals surface area contributed by atoms with Gasteiger partial charge >= 0.3 is 12.8 Å². The van der Waals surface area contributed by atoms with Crippen molar-refractivity contribution in [3.8, 4) is 16.9 Å². The Hall–Kier alpha value is -4.33. The first kappa shape index (κ1) is 26.6. The summed E-state index contributed by atoms with van der Waals surface area (Å²) in [5.74, 6) is 0.333. The number of β-amino-alcohol motifs (C(OH)–C–C–N with tert-alkyl or cyclic N) is 1. The Kier molecular flexibility index (Phi) is 5.59. The fourth-order valence-electron chi connectivity index (χ4n) is 6.24. The highest BCUT2D eigenvalue weighted by Crippen LogP contribution is 2.50. The second kappa shape index (κ2) is 8.84. The average Bonchev–Trinajstić information content (AvgIpc) is 3.43. The van der Waals surface area contributed by atoms with Crippen molar-refractivity contribution in [2.45, 2.75) is 43.8 Å². The summed E-state index contributed by atoms with van der Waals surface area (Å²) in [5.41, 5.74) is 1.08. The van der Waals surface area contributed by atoms with E-state index in [-0.39, 0.29) is 29.2 Å². The Morgan fingerprint density at radius 1 is 1.10 bits per heavy atom. The molecule has 2 aromatic carbocycles. The number of aromatic nitrogens is 4. The topological polar surface area (TPSA) is 96.6 Å². The summed E-state index contributed by atoms with van der Waals surface area (Å²) in [4.78, 5) is 29.6. The number of fused-ring (bicyclic) bond motifs is 9. The van der Waals surface area contributed by atoms with Crippen LogP contribution in [0.25, 0.3) is 22.2 Å². The lowest BCUT2D eigenvalue weighted by Crippen LogP contribution is -2.69. The summed E-state index contributed by atoms with van der Waals surface area (Å²) < 4.78 is 72.7. The molecule has 0 aliphatic carbocycles. The smallest absolute Gasteiger partial charge is 0.420 e. The number of halogens is 5. The van der Waals surface area contributed by atoms with Crippen LogP contribution in [0.4, 0.5) is 27.9 Å². The molecule has 0 radical (unpaired) electrons. The maximum absolute atomic E-state index is 13.4. The Balaban J connectivity index is 1.29. The first-order chi connectivity index (χ1) is 19.9. The highest BCUT2D eigenvalue weighted by atomic mass is 19.4. The number of amides is 1. The molecule has 2 aromatic heterocycles. The summed E-state index contributed by atoms with van der Waals surface area (Å²) in [6.07, 6.45) is -2.80. The van der Waals surface area contributed by atoms with Crippen molar-refractivity contribution in [3.63, 3.8) is 0 Å². The number of nitrogens with zero attached hydrogens (tertiary/aromatic N) is 6. The van der Waals surface area contributed by atoms with Crippen molar-refractivity contribution < 1.29 is 36.6 Å². The minimum absolute atomic E-state index is 0.0657. The van der Waals surface area contributed by atoms with Crippen molar-refractivity contribution >= 4 is 22.9 Å². The largest absolute Gasteiger partial charge is 0.434 e. The van der Waals surface area contributed by atoms with Gasteiger partial charge in [0.15, 0.2) is 5.60 Å². The number of rotatable bonds is 4. The lowest BCUT2D eigenvalue weighted by Gasteiger charge is -2.46. The molecule has 1 fully saturated rings. The zero-order chi connectivity index (χ0) is 29.7. The van der Waals surface area contributed by atoms with E-state index >= 15 is 0 Å². The van der Waals surface area contributed by atoms with E-state index in [4.69, 9.17) is 9.72 Å². The quantitative estimate of drug-likeness (QED) is 0.348. The van der Waals surface area contributed by atoms with Crippen LogP contribution in [0.1, 0.15) is 45.9 Å². The number of alkyl halides is 5. The molecule has 7 rings (SSSR count). The first-order valence-corrected chi connectivity index (χ1v) is 13.1. The van der Waals surface area contributed by atoms with Crippen LogP contribution >= 0.6 is 0 Å². The fourth-order valence-corrected chi connectivity index (χ4v) is 6.24. The molecule has 3 aliphatic rings. The van der Waals surface area contributed by atoms with E-state index in [2.05, 4.69) is 9.97 Å². The Morgan fingerprint density at radius 2 is 1.86 bits per heavy atom. The zero-order valence-corrected chi connectivity index (χ0v) is 22.2. The number of benzene rings is 2. The number of aliphatic hydroxyl groups is 1. The molecular formula is C28H23F5N6O3. The fraction of sp³-hybridized carbons (Fsp3) is 0.357. The van der Waals surface area contributed by atoms with E-state index in [0.717, 1.165) is 0 Å². The van der Waals surface area contributed by atoms with E-state index in [9.17, 15) is 31.9 Å². The Morgan fingerprint density at radius 3 is 2.55 bits per heavy atom. The van der Waals surface area contributed by atoms with Crippen molar-refractivity contribution in [2.24, 2.45) is 0 Å². The van der Waals surface area contributed by atoms with Gasteiger partial charge in [-0.15, -0.1) is 0 Å². The van der Waals surface area contributed by atoms with E-state index < -0.39 is 37.5 Å². The van der Waals surface area contributed by atoms with Gasteiger partial charge in [0.05, 0.1) is 41.9 Å². The predicted octanol–water partition coefficient (Wildman–Crippen LogP) is 4.64. The molecule has 3 aliphatic heterocycles. The Labute approximate surface area is 235 Å². The molecule has 1 N–H and O–H groups in total. The molecule has 2 atom stereocenters. The third-order valence-corrected chi connectivity index (χ3v) is 8.40. The van der Waals surface area contributed by atoms with Gasteiger partial charge < -0.3 is 24.2 Å². The molecule has 0 unspecified atom stereocenters. The van der Waals surface area contributed by atoms with Gasteiger partial charge in [0.1, 0.15) is 11.6 Å². The van der Waals surface area contributed by atoms with E-state index in [1.807, 2.05) is 16.7 Å². The highest BCUT2D eigenvalue weighted by molar-refractivity contribution is 5.98. The molecule has 0 spiro atoms. The molecule has 218 valence electrons. The maximum Gasteiger partial charge on any atom is 0.420 e. The second-order valence-corrected chi connectivity index (χ2v) is 10.9. The van der Waals surface area contributed by atoms with Crippen LogP contribution in [-0.4, -0.2) is 74.0 Å².